The maximum atomic E-state index is 13.4. The maximum Gasteiger partial charge on any atom is 0.263 e. The van der Waals surface area contributed by atoms with Crippen LogP contribution in [0, 0.1) is 0 Å². The van der Waals surface area contributed by atoms with Gasteiger partial charge in [0.15, 0.2) is 0 Å². The van der Waals surface area contributed by atoms with Crippen molar-refractivity contribution in [2.45, 2.75) is 32.8 Å². The van der Waals surface area contributed by atoms with Crippen LogP contribution in [0.2, 0.25) is 0 Å². The Morgan fingerprint density at radius 3 is 2.57 bits per heavy atom. The lowest BCUT2D eigenvalue weighted by molar-refractivity contribution is -0.113. The summed E-state index contributed by atoms with van der Waals surface area (Å²) in [6.07, 6.45) is 9.94. The summed E-state index contributed by atoms with van der Waals surface area (Å²) in [6.45, 7) is 8.56. The van der Waals surface area contributed by atoms with Crippen molar-refractivity contribution in [3.8, 4) is 0 Å². The highest BCUT2D eigenvalue weighted by molar-refractivity contribution is 6.28. The molecule has 0 saturated heterocycles. The van der Waals surface area contributed by atoms with E-state index in [4.69, 9.17) is 0 Å². The van der Waals surface area contributed by atoms with Gasteiger partial charge in [0.05, 0.1) is 24.5 Å². The van der Waals surface area contributed by atoms with E-state index in [1.807, 2.05) is 30.4 Å². The van der Waals surface area contributed by atoms with Crippen LogP contribution in [0.25, 0.3) is 0 Å². The topological polar surface area (TPSA) is 65.8 Å². The molecule has 1 amide bonds. The van der Waals surface area contributed by atoms with Gasteiger partial charge in [-0.3, -0.25) is 19.7 Å². The molecule has 154 valence electrons. The molecular weight excluding hydrogens is 374 g/mol. The van der Waals surface area contributed by atoms with Crippen molar-refractivity contribution in [2.75, 3.05) is 11.4 Å². The van der Waals surface area contributed by atoms with E-state index >= 15 is 0 Å². The van der Waals surface area contributed by atoms with Gasteiger partial charge < -0.3 is 5.11 Å². The Kier molecular flexibility index (Phi) is 7.09. The second kappa shape index (κ2) is 9.94. The largest absolute Gasteiger partial charge is 0.390 e. The molecule has 1 unspecified atom stereocenters. The van der Waals surface area contributed by atoms with Crippen LogP contribution in [0.4, 0.5) is 5.69 Å². The molecule has 3 rings (SSSR count). The SMILES string of the molecule is C=C1/C=C\C=C/C/N=C(/c2ccc(CO)nc2)N(c2ccc(C(C)CC)cc2)C1=O. The molecule has 1 atom stereocenters. The molecule has 1 aliphatic heterocycles. The van der Waals surface area contributed by atoms with Gasteiger partial charge in [-0.25, -0.2) is 0 Å². The summed E-state index contributed by atoms with van der Waals surface area (Å²) in [7, 11) is 0. The number of rotatable bonds is 5. The van der Waals surface area contributed by atoms with Crippen molar-refractivity contribution in [1.82, 2.24) is 4.98 Å². The summed E-state index contributed by atoms with van der Waals surface area (Å²) in [5, 5.41) is 9.30. The molecule has 0 saturated carbocycles. The molecule has 0 aliphatic carbocycles. The summed E-state index contributed by atoms with van der Waals surface area (Å²) >= 11 is 0. The number of aliphatic hydroxyl groups is 1. The highest BCUT2D eigenvalue weighted by Crippen LogP contribution is 2.25. The number of hydrogen-bond acceptors (Lipinski definition) is 4. The zero-order chi connectivity index (χ0) is 21.5. The lowest BCUT2D eigenvalue weighted by Gasteiger charge is -2.26. The second-order valence-electron chi connectivity index (χ2n) is 7.21. The van der Waals surface area contributed by atoms with Crippen LogP contribution in [-0.4, -0.2) is 28.4 Å². The minimum atomic E-state index is -0.247. The number of amides is 1. The Hall–Kier alpha value is -3.31. The number of anilines is 1. The Morgan fingerprint density at radius 2 is 1.93 bits per heavy atom. The number of hydrogen-bond donors (Lipinski definition) is 1. The first-order chi connectivity index (χ1) is 14.5. The third-order valence-corrected chi connectivity index (χ3v) is 5.16. The first kappa shape index (κ1) is 21.4. The van der Waals surface area contributed by atoms with Crippen molar-refractivity contribution in [1.29, 1.82) is 0 Å². The Morgan fingerprint density at radius 1 is 1.17 bits per heavy atom. The van der Waals surface area contributed by atoms with Gasteiger partial charge in [-0.1, -0.05) is 56.9 Å². The normalized spacial score (nSPS) is 19.7. The molecule has 0 radical (unpaired) electrons. The maximum absolute atomic E-state index is 13.4. The van der Waals surface area contributed by atoms with E-state index in [0.29, 0.717) is 35.1 Å². The third kappa shape index (κ3) is 4.81. The van der Waals surface area contributed by atoms with E-state index in [1.54, 1.807) is 29.3 Å². The molecule has 1 aromatic carbocycles. The van der Waals surface area contributed by atoms with Crippen molar-refractivity contribution < 1.29 is 9.90 Å². The molecule has 30 heavy (non-hydrogen) atoms. The first-order valence-corrected chi connectivity index (χ1v) is 10.1. The molecule has 1 N–H and O–H groups in total. The van der Waals surface area contributed by atoms with Crippen LogP contribution < -0.4 is 4.90 Å². The highest BCUT2D eigenvalue weighted by Gasteiger charge is 2.25. The van der Waals surface area contributed by atoms with E-state index in [1.165, 1.54) is 5.56 Å². The zero-order valence-corrected chi connectivity index (χ0v) is 17.5. The molecule has 5 nitrogen and oxygen atoms in total. The number of aliphatic imine (C=N–C) groups is 1. The van der Waals surface area contributed by atoms with Crippen molar-refractivity contribution in [3.63, 3.8) is 0 Å². The van der Waals surface area contributed by atoms with Crippen LogP contribution in [-0.2, 0) is 11.4 Å². The number of aromatic nitrogens is 1. The lowest BCUT2D eigenvalue weighted by Crippen LogP contribution is -2.38. The summed E-state index contributed by atoms with van der Waals surface area (Å²) < 4.78 is 0. The van der Waals surface area contributed by atoms with E-state index < -0.39 is 0 Å². The number of carbonyl (C=O) groups excluding carboxylic acids is 1. The summed E-state index contributed by atoms with van der Waals surface area (Å²) in [5.74, 6) is 0.692. The van der Waals surface area contributed by atoms with Gasteiger partial charge in [0.25, 0.3) is 5.91 Å². The Bertz CT molecular complexity index is 986. The number of carbonyl (C=O) groups is 1. The summed E-state index contributed by atoms with van der Waals surface area (Å²) in [4.78, 5) is 23.9. The molecule has 1 aromatic heterocycles. The number of nitrogens with zero attached hydrogens (tertiary/aromatic N) is 3. The fourth-order valence-corrected chi connectivity index (χ4v) is 3.13. The molecule has 2 aromatic rings. The fraction of sp³-hybridized carbons (Fsp3) is 0.240. The average molecular weight is 402 g/mol. The number of pyridine rings is 1. The average Bonchev–Trinajstić information content (AvgIpc) is 2.79. The lowest BCUT2D eigenvalue weighted by atomic mass is 9.98. The Balaban J connectivity index is 2.11. The minimum Gasteiger partial charge on any atom is -0.390 e. The number of aliphatic hydroxyl groups excluding tert-OH is 1. The molecule has 0 fully saturated rings. The smallest absolute Gasteiger partial charge is 0.263 e. The standard InChI is InChI=1S/C25H27N3O2/c1-4-18(2)20-10-13-23(14-11-20)28-24(21-9-12-22(17-29)27-16-21)26-15-7-5-6-8-19(3)25(28)30/h5-14,16,18,29H,3-4,15,17H2,1-2H3/b7-5-,8-6-,26-24-. The number of allylic oxidation sites excluding steroid dienone is 2. The molecule has 0 spiro atoms. The van der Waals surface area contributed by atoms with Crippen LogP contribution in [0.15, 0.2) is 84.0 Å². The molecule has 0 bridgehead atoms. The predicted molar refractivity (Wildman–Crippen MR) is 122 cm³/mol. The van der Waals surface area contributed by atoms with Gasteiger partial charge in [-0.05, 0) is 42.2 Å². The summed E-state index contributed by atoms with van der Waals surface area (Å²) in [5.41, 5.74) is 3.56. The van der Waals surface area contributed by atoms with E-state index in [9.17, 15) is 9.90 Å². The predicted octanol–water partition coefficient (Wildman–Crippen LogP) is 4.55. The minimum absolute atomic E-state index is 0.142. The van der Waals surface area contributed by atoms with Crippen molar-refractivity contribution in [2.24, 2.45) is 4.99 Å². The summed E-state index contributed by atoms with van der Waals surface area (Å²) in [6, 6.07) is 11.6. The number of benzene rings is 1. The second-order valence-corrected chi connectivity index (χ2v) is 7.21. The molecule has 2 heterocycles. The van der Waals surface area contributed by atoms with Gasteiger partial charge in [0.2, 0.25) is 0 Å². The van der Waals surface area contributed by atoms with E-state index in [0.717, 1.165) is 12.1 Å². The highest BCUT2D eigenvalue weighted by atomic mass is 16.3. The molecule has 5 heteroatoms. The first-order valence-electron chi connectivity index (χ1n) is 10.1. The Labute approximate surface area is 177 Å². The van der Waals surface area contributed by atoms with E-state index in [-0.39, 0.29) is 12.5 Å². The van der Waals surface area contributed by atoms with Crippen molar-refractivity contribution >= 4 is 17.4 Å². The van der Waals surface area contributed by atoms with Gasteiger partial charge in [-0.15, -0.1) is 0 Å². The zero-order valence-electron chi connectivity index (χ0n) is 17.5. The van der Waals surface area contributed by atoms with Crippen LogP contribution in [0.3, 0.4) is 0 Å². The molecular formula is C25H27N3O2. The van der Waals surface area contributed by atoms with E-state index in [2.05, 4.69) is 42.5 Å². The molecule has 1 aliphatic rings. The number of amidine groups is 1. The monoisotopic (exact) mass is 401 g/mol. The van der Waals surface area contributed by atoms with Gasteiger partial charge in [0, 0.05) is 17.3 Å². The van der Waals surface area contributed by atoms with Gasteiger partial charge >= 0.3 is 0 Å². The van der Waals surface area contributed by atoms with Crippen LogP contribution >= 0.6 is 0 Å². The van der Waals surface area contributed by atoms with Crippen molar-refractivity contribution in [3.05, 3.63) is 95.9 Å². The van der Waals surface area contributed by atoms with Crippen LogP contribution in [0.5, 0.6) is 0 Å². The van der Waals surface area contributed by atoms with Gasteiger partial charge in [-0.2, -0.15) is 0 Å². The third-order valence-electron chi connectivity index (χ3n) is 5.16. The van der Waals surface area contributed by atoms with Crippen LogP contribution in [0.1, 0.15) is 43.0 Å². The quantitative estimate of drug-likeness (QED) is 0.748. The fourth-order valence-electron chi connectivity index (χ4n) is 3.13. The van der Waals surface area contributed by atoms with Gasteiger partial charge in [0.1, 0.15) is 5.84 Å².